The highest BCUT2D eigenvalue weighted by Gasteiger charge is 2.18. The first-order chi connectivity index (χ1) is 9.66. The zero-order valence-electron chi connectivity index (χ0n) is 11.1. The van der Waals surface area contributed by atoms with Crippen LogP contribution in [0.25, 0.3) is 0 Å². The molecule has 0 heterocycles. The maximum atomic E-state index is 11.9. The van der Waals surface area contributed by atoms with Crippen molar-refractivity contribution in [1.82, 2.24) is 0 Å². The highest BCUT2D eigenvalue weighted by molar-refractivity contribution is 5.97. The van der Waals surface area contributed by atoms with E-state index in [2.05, 4.69) is 5.32 Å². The lowest BCUT2D eigenvalue weighted by Crippen LogP contribution is -2.29. The molecule has 20 heavy (non-hydrogen) atoms. The van der Waals surface area contributed by atoms with E-state index >= 15 is 0 Å². The van der Waals surface area contributed by atoms with Gasteiger partial charge in [-0.25, -0.2) is 4.79 Å². The number of esters is 1. The lowest BCUT2D eigenvalue weighted by atomic mass is 10.2. The van der Waals surface area contributed by atoms with Gasteiger partial charge >= 0.3 is 5.97 Å². The van der Waals surface area contributed by atoms with Gasteiger partial charge in [0.1, 0.15) is 0 Å². The van der Waals surface area contributed by atoms with E-state index < -0.39 is 12.1 Å². The van der Waals surface area contributed by atoms with Crippen molar-refractivity contribution < 1.29 is 14.3 Å². The highest BCUT2D eigenvalue weighted by Crippen LogP contribution is 2.08. The van der Waals surface area contributed by atoms with Crippen molar-refractivity contribution >= 4 is 17.6 Å². The van der Waals surface area contributed by atoms with E-state index in [0.717, 1.165) is 0 Å². The minimum absolute atomic E-state index is 0.361. The Morgan fingerprint density at radius 2 is 1.50 bits per heavy atom. The minimum atomic E-state index is -0.858. The summed E-state index contributed by atoms with van der Waals surface area (Å²) < 4.78 is 5.12. The molecule has 0 spiro atoms. The number of ether oxygens (including phenoxy) is 1. The molecule has 2 aromatic rings. The smallest absolute Gasteiger partial charge is 0.338 e. The van der Waals surface area contributed by atoms with Crippen LogP contribution in [0.4, 0.5) is 5.69 Å². The minimum Gasteiger partial charge on any atom is -0.449 e. The first-order valence-electron chi connectivity index (χ1n) is 6.29. The van der Waals surface area contributed by atoms with Gasteiger partial charge in [-0.3, -0.25) is 4.79 Å². The number of benzene rings is 2. The number of rotatable bonds is 4. The average molecular weight is 269 g/mol. The molecular weight excluding hydrogens is 254 g/mol. The number of carbonyl (C=O) groups excluding carboxylic acids is 2. The molecule has 0 saturated heterocycles. The van der Waals surface area contributed by atoms with Crippen LogP contribution < -0.4 is 5.32 Å². The van der Waals surface area contributed by atoms with Gasteiger partial charge in [-0.15, -0.1) is 0 Å². The second-order valence-corrected chi connectivity index (χ2v) is 4.27. The van der Waals surface area contributed by atoms with Crippen molar-refractivity contribution in [3.63, 3.8) is 0 Å². The fourth-order valence-electron chi connectivity index (χ4n) is 1.62. The summed E-state index contributed by atoms with van der Waals surface area (Å²) in [6.07, 6.45) is -0.858. The standard InChI is InChI=1S/C16H15NO3/c1-12(15(18)17-14-10-6-3-7-11-14)20-16(19)13-8-4-2-5-9-13/h2-12H,1H3,(H,17,18). The third-order valence-corrected chi connectivity index (χ3v) is 2.70. The summed E-state index contributed by atoms with van der Waals surface area (Å²) in [6.45, 7) is 1.54. The molecule has 0 aliphatic carbocycles. The van der Waals surface area contributed by atoms with E-state index in [-0.39, 0.29) is 5.91 Å². The van der Waals surface area contributed by atoms with E-state index in [1.165, 1.54) is 0 Å². The van der Waals surface area contributed by atoms with Gasteiger partial charge in [0.05, 0.1) is 5.56 Å². The van der Waals surface area contributed by atoms with E-state index in [0.29, 0.717) is 11.3 Å². The van der Waals surface area contributed by atoms with E-state index in [1.807, 2.05) is 24.3 Å². The Balaban J connectivity index is 1.93. The van der Waals surface area contributed by atoms with E-state index in [1.54, 1.807) is 43.3 Å². The molecule has 1 N–H and O–H groups in total. The molecule has 0 aromatic heterocycles. The number of anilines is 1. The first-order valence-corrected chi connectivity index (χ1v) is 6.29. The predicted molar refractivity (Wildman–Crippen MR) is 76.4 cm³/mol. The Bertz CT molecular complexity index is 581. The summed E-state index contributed by atoms with van der Waals surface area (Å²) in [4.78, 5) is 23.7. The van der Waals surface area contributed by atoms with Gasteiger partial charge in [0.15, 0.2) is 6.10 Å². The zero-order chi connectivity index (χ0) is 14.4. The number of nitrogens with one attached hydrogen (secondary N) is 1. The normalized spacial score (nSPS) is 11.4. The third-order valence-electron chi connectivity index (χ3n) is 2.70. The van der Waals surface area contributed by atoms with Crippen molar-refractivity contribution in [2.75, 3.05) is 5.32 Å². The third kappa shape index (κ3) is 3.68. The van der Waals surface area contributed by atoms with E-state index in [4.69, 9.17) is 4.74 Å². The number of hydrogen-bond donors (Lipinski definition) is 1. The quantitative estimate of drug-likeness (QED) is 0.868. The van der Waals surface area contributed by atoms with Crippen molar-refractivity contribution in [1.29, 1.82) is 0 Å². The molecule has 1 unspecified atom stereocenters. The molecule has 2 aromatic carbocycles. The zero-order valence-corrected chi connectivity index (χ0v) is 11.1. The SMILES string of the molecule is CC(OC(=O)c1ccccc1)C(=O)Nc1ccccc1. The fraction of sp³-hybridized carbons (Fsp3) is 0.125. The molecular formula is C16H15NO3. The number of carbonyl (C=O) groups is 2. The number of hydrogen-bond acceptors (Lipinski definition) is 3. The molecule has 0 radical (unpaired) electrons. The Kier molecular flexibility index (Phi) is 4.50. The van der Waals surface area contributed by atoms with Crippen molar-refractivity contribution in [3.8, 4) is 0 Å². The van der Waals surface area contributed by atoms with Gasteiger partial charge in [0, 0.05) is 5.69 Å². The lowest BCUT2D eigenvalue weighted by Gasteiger charge is -2.13. The maximum absolute atomic E-state index is 11.9. The molecule has 102 valence electrons. The molecule has 1 atom stereocenters. The van der Waals surface area contributed by atoms with Gasteiger partial charge in [0.25, 0.3) is 5.91 Å². The highest BCUT2D eigenvalue weighted by atomic mass is 16.5. The molecule has 0 bridgehead atoms. The Labute approximate surface area is 117 Å². The molecule has 4 heteroatoms. The van der Waals surface area contributed by atoms with Crippen molar-refractivity contribution in [2.45, 2.75) is 13.0 Å². The van der Waals surface area contributed by atoms with Crippen LogP contribution in [-0.2, 0) is 9.53 Å². The number of amides is 1. The summed E-state index contributed by atoms with van der Waals surface area (Å²) in [7, 11) is 0. The fourth-order valence-corrected chi connectivity index (χ4v) is 1.62. The van der Waals surface area contributed by atoms with Crippen LogP contribution >= 0.6 is 0 Å². The van der Waals surface area contributed by atoms with E-state index in [9.17, 15) is 9.59 Å². The van der Waals surface area contributed by atoms with Gasteiger partial charge in [-0.05, 0) is 31.2 Å². The van der Waals surface area contributed by atoms with Crippen molar-refractivity contribution in [3.05, 3.63) is 66.2 Å². The summed E-state index contributed by atoms with van der Waals surface area (Å²) >= 11 is 0. The van der Waals surface area contributed by atoms with Crippen molar-refractivity contribution in [2.24, 2.45) is 0 Å². The molecule has 0 saturated carbocycles. The number of para-hydroxylation sites is 1. The summed E-state index contributed by atoms with van der Waals surface area (Å²) in [5.74, 6) is -0.873. The largest absolute Gasteiger partial charge is 0.449 e. The van der Waals surface area contributed by atoms with Crippen LogP contribution in [0.15, 0.2) is 60.7 Å². The molecule has 1 amide bonds. The predicted octanol–water partition coefficient (Wildman–Crippen LogP) is 2.87. The Hall–Kier alpha value is -2.62. The average Bonchev–Trinajstić information content (AvgIpc) is 2.49. The van der Waals surface area contributed by atoms with Crippen LogP contribution in [0, 0.1) is 0 Å². The van der Waals surface area contributed by atoms with Crippen LogP contribution in [-0.4, -0.2) is 18.0 Å². The first kappa shape index (κ1) is 13.8. The molecule has 0 aliphatic rings. The molecule has 0 aliphatic heterocycles. The Morgan fingerprint density at radius 3 is 2.10 bits per heavy atom. The monoisotopic (exact) mass is 269 g/mol. The van der Waals surface area contributed by atoms with Crippen LogP contribution in [0.5, 0.6) is 0 Å². The van der Waals surface area contributed by atoms with Gasteiger partial charge < -0.3 is 10.1 Å². The summed E-state index contributed by atoms with van der Waals surface area (Å²) in [6, 6.07) is 17.6. The second kappa shape index (κ2) is 6.52. The van der Waals surface area contributed by atoms with Crippen LogP contribution in [0.2, 0.25) is 0 Å². The topological polar surface area (TPSA) is 55.4 Å². The molecule has 0 fully saturated rings. The molecule has 2 rings (SSSR count). The van der Waals surface area contributed by atoms with Gasteiger partial charge in [-0.1, -0.05) is 36.4 Å². The Morgan fingerprint density at radius 1 is 0.950 bits per heavy atom. The summed E-state index contributed by atoms with van der Waals surface area (Å²) in [5, 5.41) is 2.68. The van der Waals surface area contributed by atoms with Crippen LogP contribution in [0.1, 0.15) is 17.3 Å². The van der Waals surface area contributed by atoms with Crippen LogP contribution in [0.3, 0.4) is 0 Å². The van der Waals surface area contributed by atoms with Gasteiger partial charge in [-0.2, -0.15) is 0 Å². The summed E-state index contributed by atoms with van der Waals surface area (Å²) in [5.41, 5.74) is 1.09. The lowest BCUT2D eigenvalue weighted by molar-refractivity contribution is -0.123. The second-order valence-electron chi connectivity index (χ2n) is 4.27. The molecule has 4 nitrogen and oxygen atoms in total. The van der Waals surface area contributed by atoms with Gasteiger partial charge in [0.2, 0.25) is 0 Å². The maximum Gasteiger partial charge on any atom is 0.338 e.